The largest absolute Gasteiger partial charge is 0.497 e. The maximum Gasteiger partial charge on any atom is 0.264 e. The van der Waals surface area contributed by atoms with Crippen LogP contribution >= 0.6 is 0 Å². The van der Waals surface area contributed by atoms with Crippen molar-refractivity contribution in [1.29, 1.82) is 0 Å². The van der Waals surface area contributed by atoms with Crippen molar-refractivity contribution in [2.75, 3.05) is 30.5 Å². The molecule has 2 aliphatic rings. The highest BCUT2D eigenvalue weighted by molar-refractivity contribution is 6.07. The Morgan fingerprint density at radius 2 is 1.91 bits per heavy atom. The second kappa shape index (κ2) is 12.8. The van der Waals surface area contributed by atoms with Crippen LogP contribution in [-0.2, 0) is 21.7 Å². The molecule has 9 nitrogen and oxygen atoms in total. The first-order valence-corrected chi connectivity index (χ1v) is 14.5. The average molecular weight is 584 g/mol. The van der Waals surface area contributed by atoms with Gasteiger partial charge in [-0.2, -0.15) is 0 Å². The monoisotopic (exact) mass is 583 g/mol. The molecular weight excluding hydrogens is 546 g/mol. The summed E-state index contributed by atoms with van der Waals surface area (Å²) in [6, 6.07) is 21.2. The SMILES string of the molecule is COc1ccc2c(c1)[C@](O)([C@@H](C)/C=C/CC(=O)N1CCC[C@H]1CO)C(=O)N2Cc1cccc(NC(=O)c2ccccc2)c1. The molecule has 0 unspecified atom stereocenters. The van der Waals surface area contributed by atoms with Crippen molar-refractivity contribution < 1.29 is 29.3 Å². The van der Waals surface area contributed by atoms with Gasteiger partial charge in [0.25, 0.3) is 11.8 Å². The number of aliphatic hydroxyl groups excluding tert-OH is 1. The molecule has 3 atom stereocenters. The predicted octanol–water partition coefficient (Wildman–Crippen LogP) is 4.25. The molecule has 0 saturated carbocycles. The van der Waals surface area contributed by atoms with E-state index >= 15 is 0 Å². The number of nitrogens with zero attached hydrogens (tertiary/aromatic N) is 2. The molecule has 0 aromatic heterocycles. The Kier molecular flexibility index (Phi) is 8.94. The van der Waals surface area contributed by atoms with Crippen LogP contribution in [0.3, 0.4) is 0 Å². The number of methoxy groups -OCH3 is 1. The molecule has 3 aromatic carbocycles. The molecule has 5 rings (SSSR count). The maximum absolute atomic E-state index is 14.0. The summed E-state index contributed by atoms with van der Waals surface area (Å²) in [5.41, 5.74) is 0.991. The Morgan fingerprint density at radius 1 is 1.12 bits per heavy atom. The van der Waals surface area contributed by atoms with Crippen molar-refractivity contribution in [2.45, 2.75) is 44.4 Å². The van der Waals surface area contributed by atoms with Crippen molar-refractivity contribution in [3.8, 4) is 5.75 Å². The van der Waals surface area contributed by atoms with E-state index in [1.807, 2.05) is 24.3 Å². The topological polar surface area (TPSA) is 119 Å². The normalized spacial score (nSPS) is 20.4. The summed E-state index contributed by atoms with van der Waals surface area (Å²) in [5, 5.41) is 24.5. The molecule has 0 aliphatic carbocycles. The Balaban J connectivity index is 1.36. The zero-order chi connectivity index (χ0) is 30.6. The number of hydrogen-bond donors (Lipinski definition) is 3. The first kappa shape index (κ1) is 30.0. The van der Waals surface area contributed by atoms with Crippen LogP contribution in [0, 0.1) is 5.92 Å². The number of likely N-dealkylation sites (tertiary alicyclic amines) is 1. The summed E-state index contributed by atoms with van der Waals surface area (Å²) in [4.78, 5) is 42.7. The molecule has 0 spiro atoms. The number of amides is 3. The van der Waals surface area contributed by atoms with Gasteiger partial charge in [0.1, 0.15) is 5.75 Å². The highest BCUT2D eigenvalue weighted by Gasteiger charge is 2.52. The van der Waals surface area contributed by atoms with E-state index in [0.29, 0.717) is 34.8 Å². The number of rotatable bonds is 10. The molecule has 3 aromatic rings. The number of ether oxygens (including phenoxy) is 1. The van der Waals surface area contributed by atoms with Gasteiger partial charge in [0.15, 0.2) is 5.60 Å². The van der Waals surface area contributed by atoms with Crippen molar-refractivity contribution >= 4 is 29.1 Å². The average Bonchev–Trinajstić information content (AvgIpc) is 3.59. The highest BCUT2D eigenvalue weighted by Crippen LogP contribution is 2.47. The highest BCUT2D eigenvalue weighted by atomic mass is 16.5. The second-order valence-electron chi connectivity index (χ2n) is 11.0. The zero-order valence-corrected chi connectivity index (χ0v) is 24.4. The molecular formula is C34H37N3O6. The first-order chi connectivity index (χ1) is 20.8. The lowest BCUT2D eigenvalue weighted by Gasteiger charge is -2.28. The smallest absolute Gasteiger partial charge is 0.264 e. The summed E-state index contributed by atoms with van der Waals surface area (Å²) in [6.45, 7) is 2.48. The third-order valence-electron chi connectivity index (χ3n) is 8.32. The molecule has 0 bridgehead atoms. The minimum absolute atomic E-state index is 0.0587. The van der Waals surface area contributed by atoms with E-state index in [1.165, 1.54) is 7.11 Å². The number of hydrogen-bond acceptors (Lipinski definition) is 6. The quantitative estimate of drug-likeness (QED) is 0.307. The fourth-order valence-electron chi connectivity index (χ4n) is 5.92. The van der Waals surface area contributed by atoms with Crippen molar-refractivity contribution in [3.05, 3.63) is 102 Å². The van der Waals surface area contributed by atoms with Gasteiger partial charge >= 0.3 is 0 Å². The molecule has 43 heavy (non-hydrogen) atoms. The minimum Gasteiger partial charge on any atom is -0.497 e. The van der Waals surface area contributed by atoms with Crippen molar-refractivity contribution in [1.82, 2.24) is 4.90 Å². The van der Waals surface area contributed by atoms with Gasteiger partial charge < -0.3 is 30.1 Å². The molecule has 3 amide bonds. The fourth-order valence-corrected chi connectivity index (χ4v) is 5.92. The van der Waals surface area contributed by atoms with Gasteiger partial charge in [0.05, 0.1) is 32.0 Å². The lowest BCUT2D eigenvalue weighted by Crippen LogP contribution is -2.44. The number of benzene rings is 3. The lowest BCUT2D eigenvalue weighted by molar-refractivity contribution is -0.139. The third-order valence-corrected chi connectivity index (χ3v) is 8.32. The molecule has 224 valence electrons. The number of fused-ring (bicyclic) bond motifs is 1. The first-order valence-electron chi connectivity index (χ1n) is 14.5. The number of anilines is 2. The molecule has 1 saturated heterocycles. The Morgan fingerprint density at radius 3 is 2.65 bits per heavy atom. The van der Waals surface area contributed by atoms with E-state index < -0.39 is 17.4 Å². The van der Waals surface area contributed by atoms with Gasteiger partial charge in [-0.05, 0) is 60.9 Å². The molecule has 1 fully saturated rings. The number of aliphatic hydroxyl groups is 2. The molecule has 0 radical (unpaired) electrons. The summed E-state index contributed by atoms with van der Waals surface area (Å²) in [7, 11) is 1.53. The summed E-state index contributed by atoms with van der Waals surface area (Å²) in [6.07, 6.45) is 5.15. The van der Waals surface area contributed by atoms with Crippen LogP contribution in [0.15, 0.2) is 84.9 Å². The van der Waals surface area contributed by atoms with Crippen LogP contribution in [-0.4, -0.2) is 59.1 Å². The van der Waals surface area contributed by atoms with E-state index in [2.05, 4.69) is 5.32 Å². The number of nitrogens with one attached hydrogen (secondary N) is 1. The van der Waals surface area contributed by atoms with Crippen LogP contribution in [0.1, 0.15) is 47.7 Å². The maximum atomic E-state index is 14.0. The zero-order valence-electron chi connectivity index (χ0n) is 24.4. The van der Waals surface area contributed by atoms with E-state index in [0.717, 1.165) is 18.4 Å². The van der Waals surface area contributed by atoms with Crippen LogP contribution in [0.2, 0.25) is 0 Å². The van der Waals surface area contributed by atoms with Gasteiger partial charge in [-0.15, -0.1) is 0 Å². The van der Waals surface area contributed by atoms with E-state index in [-0.39, 0.29) is 37.4 Å². The predicted molar refractivity (Wildman–Crippen MR) is 164 cm³/mol. The Bertz CT molecular complexity index is 1520. The van der Waals surface area contributed by atoms with E-state index in [4.69, 9.17) is 4.74 Å². The van der Waals surface area contributed by atoms with Crippen LogP contribution in [0.5, 0.6) is 5.75 Å². The lowest BCUT2D eigenvalue weighted by atomic mass is 9.83. The van der Waals surface area contributed by atoms with E-state index in [9.17, 15) is 24.6 Å². The van der Waals surface area contributed by atoms with Crippen LogP contribution < -0.4 is 15.0 Å². The number of carbonyl (C=O) groups is 3. The summed E-state index contributed by atoms with van der Waals surface area (Å²) in [5.74, 6) is -0.969. The Hall–Kier alpha value is -4.47. The van der Waals surface area contributed by atoms with Gasteiger partial charge in [-0.1, -0.05) is 49.4 Å². The fraction of sp³-hybridized carbons (Fsp3) is 0.324. The molecule has 2 heterocycles. The molecule has 2 aliphatic heterocycles. The van der Waals surface area contributed by atoms with Crippen molar-refractivity contribution in [3.63, 3.8) is 0 Å². The third kappa shape index (κ3) is 6.04. The van der Waals surface area contributed by atoms with Crippen LogP contribution in [0.4, 0.5) is 11.4 Å². The van der Waals surface area contributed by atoms with E-state index in [1.54, 1.807) is 77.4 Å². The van der Waals surface area contributed by atoms with Gasteiger partial charge in [0, 0.05) is 35.7 Å². The summed E-state index contributed by atoms with van der Waals surface area (Å²) < 4.78 is 5.41. The number of carbonyl (C=O) groups excluding carboxylic acids is 3. The van der Waals surface area contributed by atoms with Gasteiger partial charge in [0.2, 0.25) is 5.91 Å². The standard InChI is InChI=1S/C34H37N3O6/c1-23(9-6-15-31(39)36-18-8-14-27(36)22-38)34(42)29-20-28(43-2)16-17-30(29)37(33(34)41)21-24-10-7-13-26(19-24)35-32(40)25-11-4-3-5-12-25/h3-7,9-13,16-17,19-20,23,27,38,42H,8,14-15,18,21-22H2,1-2H3,(H,35,40)/b9-6+/t23-,27-,34+/m0/s1. The second-order valence-corrected chi connectivity index (χ2v) is 11.0. The Labute approximate surface area is 251 Å². The minimum atomic E-state index is -1.89. The molecule has 9 heteroatoms. The molecule has 3 N–H and O–H groups in total. The van der Waals surface area contributed by atoms with Crippen molar-refractivity contribution in [2.24, 2.45) is 5.92 Å². The van der Waals surface area contributed by atoms with Gasteiger partial charge in [-0.25, -0.2) is 0 Å². The van der Waals surface area contributed by atoms with Gasteiger partial charge in [-0.3, -0.25) is 14.4 Å². The summed E-state index contributed by atoms with van der Waals surface area (Å²) >= 11 is 0. The van der Waals surface area contributed by atoms with Crippen LogP contribution in [0.25, 0.3) is 0 Å².